The van der Waals surface area contributed by atoms with Gasteiger partial charge in [0.15, 0.2) is 0 Å². The molecule has 0 aromatic heterocycles. The van der Waals surface area contributed by atoms with E-state index in [1.165, 1.54) is 77.0 Å². The van der Waals surface area contributed by atoms with E-state index in [4.69, 9.17) is 6.58 Å². The fraction of sp³-hybridized carbons (Fsp3) is 0.944. The number of hydrogen-bond acceptors (Lipinski definition) is 1. The molecule has 1 nitrogen and oxygen atoms in total. The minimum absolute atomic E-state index is 0.0193. The van der Waals surface area contributed by atoms with E-state index in [0.717, 1.165) is 63.4 Å². The van der Waals surface area contributed by atoms with Crippen LogP contribution in [0.5, 0.6) is 0 Å². The molecule has 0 aromatic rings. The smallest absolute Gasteiger partial charge is 0.282 e. The molecule has 0 saturated carbocycles. The lowest BCUT2D eigenvalue weighted by molar-refractivity contribution is 0.294. The van der Waals surface area contributed by atoms with Gasteiger partial charge in [0.25, 0.3) is 6.29 Å². The predicted octanol–water partition coefficient (Wildman–Crippen LogP) is 12.8. The third kappa shape index (κ3) is 6.87. The SMILES string of the molecule is C=C(P1[C@H](CC)CC[C@H]1CC)P1[C@H](CC)CC(C2C[C@@H](CC)P(B(N(C)C)P3[C@H](CC)CC[C@H]3CC)[C@@H]2CC)[C@H]1CC. The van der Waals surface area contributed by atoms with Crippen LogP contribution in [-0.2, 0) is 0 Å². The molecular weight excluding hydrogens is 581 g/mol. The Balaban J connectivity index is 1.67. The molecule has 4 unspecified atom stereocenters. The molecule has 42 heavy (non-hydrogen) atoms. The standard InChI is InChI=1S/C36H70BNP4/c1-12-27-20-21-28(13-2)39(27)26(9)40-31(16-5)24-33(35(40)18-7)34-25-32(17-6)42(36(34)19-8)37(38(10)11)41-29(14-3)22-23-30(41)15-4/h27-36H,9,12-25H2,1-8,10-11H3/t27-,28-,29-,30-,31-,32-,33?,34?,35-,36-,40?,42?/m1/s1. The minimum atomic E-state index is -0.0423. The summed E-state index contributed by atoms with van der Waals surface area (Å²) in [5.74, 6) is 1.97. The second-order valence-corrected chi connectivity index (χ2v) is 26.7. The van der Waals surface area contributed by atoms with Crippen molar-refractivity contribution in [3.8, 4) is 0 Å². The lowest BCUT2D eigenvalue weighted by atomic mass is 9.79. The molecule has 0 radical (unpaired) electrons. The highest BCUT2D eigenvalue weighted by Gasteiger charge is 2.57. The molecule has 4 rings (SSSR count). The molecule has 0 aromatic carbocycles. The molecule has 12 atom stereocenters. The summed E-state index contributed by atoms with van der Waals surface area (Å²) in [4.78, 5) is 2.82. The van der Waals surface area contributed by atoms with Crippen LogP contribution in [0.2, 0.25) is 0 Å². The maximum Gasteiger partial charge on any atom is 0.282 e. The summed E-state index contributed by atoms with van der Waals surface area (Å²) in [7, 11) is 5.11. The Morgan fingerprint density at radius 2 is 0.976 bits per heavy atom. The first-order chi connectivity index (χ1) is 20.3. The van der Waals surface area contributed by atoms with Gasteiger partial charge in [0.1, 0.15) is 0 Å². The van der Waals surface area contributed by atoms with Crippen LogP contribution in [0.4, 0.5) is 0 Å². The second-order valence-electron chi connectivity index (χ2n) is 14.7. The molecular formula is C36H70BNP4. The predicted molar refractivity (Wildman–Crippen MR) is 204 cm³/mol. The van der Waals surface area contributed by atoms with Gasteiger partial charge >= 0.3 is 0 Å². The van der Waals surface area contributed by atoms with E-state index in [1.807, 2.05) is 5.06 Å². The highest BCUT2D eigenvalue weighted by Crippen LogP contribution is 2.80. The fourth-order valence-electron chi connectivity index (χ4n) is 10.8. The molecule has 4 saturated heterocycles. The average molecular weight is 652 g/mol. The molecule has 6 heteroatoms. The van der Waals surface area contributed by atoms with Crippen LogP contribution in [0, 0.1) is 11.8 Å². The maximum atomic E-state index is 5.15. The number of rotatable bonds is 14. The highest BCUT2D eigenvalue weighted by molar-refractivity contribution is 8.20. The van der Waals surface area contributed by atoms with Gasteiger partial charge in [-0.3, -0.25) is 0 Å². The summed E-state index contributed by atoms with van der Waals surface area (Å²) >= 11 is 0. The van der Waals surface area contributed by atoms with Gasteiger partial charge in [-0.1, -0.05) is 77.8 Å². The van der Waals surface area contributed by atoms with Gasteiger partial charge < -0.3 is 4.81 Å². The van der Waals surface area contributed by atoms with Crippen molar-refractivity contribution >= 4 is 37.7 Å². The zero-order valence-electron chi connectivity index (χ0n) is 29.7. The van der Waals surface area contributed by atoms with Gasteiger partial charge in [-0.2, -0.15) is 0 Å². The third-order valence-corrected chi connectivity index (χ3v) is 30.4. The quantitative estimate of drug-likeness (QED) is 0.133. The lowest BCUT2D eigenvalue weighted by Crippen LogP contribution is -2.38. The van der Waals surface area contributed by atoms with Crippen molar-refractivity contribution in [2.45, 2.75) is 191 Å². The molecule has 0 N–H and O–H groups in total. The van der Waals surface area contributed by atoms with Gasteiger partial charge in [-0.25, -0.2) is 0 Å². The van der Waals surface area contributed by atoms with Crippen molar-refractivity contribution in [2.75, 3.05) is 14.1 Å². The van der Waals surface area contributed by atoms with E-state index < -0.39 is 0 Å². The van der Waals surface area contributed by atoms with E-state index in [0.29, 0.717) is 0 Å². The largest absolute Gasteiger partial charge is 0.340 e. The Kier molecular flexibility index (Phi) is 14.3. The first kappa shape index (κ1) is 36.3. The fourth-order valence-corrected chi connectivity index (χ4v) is 31.2. The summed E-state index contributed by atoms with van der Waals surface area (Å²) in [5.41, 5.74) is 7.93. The van der Waals surface area contributed by atoms with Crippen LogP contribution in [-0.4, -0.2) is 70.5 Å². The zero-order chi connectivity index (χ0) is 30.7. The van der Waals surface area contributed by atoms with Crippen molar-refractivity contribution < 1.29 is 0 Å². The molecule has 242 valence electrons. The molecule has 0 bridgehead atoms. The van der Waals surface area contributed by atoms with E-state index in [2.05, 4.69) is 74.3 Å². The van der Waals surface area contributed by atoms with Gasteiger partial charge in [0.2, 0.25) is 0 Å². The summed E-state index contributed by atoms with van der Waals surface area (Å²) in [6, 6.07) is 0. The Morgan fingerprint density at radius 1 is 0.548 bits per heavy atom. The molecule has 4 aliphatic heterocycles. The van der Waals surface area contributed by atoms with Crippen LogP contribution in [0.1, 0.15) is 145 Å². The van der Waals surface area contributed by atoms with Crippen LogP contribution in [0.15, 0.2) is 11.6 Å². The lowest BCUT2D eigenvalue weighted by Gasteiger charge is -2.43. The first-order valence-corrected chi connectivity index (χ1v) is 24.8. The van der Waals surface area contributed by atoms with Crippen molar-refractivity contribution in [1.29, 1.82) is 0 Å². The van der Waals surface area contributed by atoms with Gasteiger partial charge in [0, 0.05) is 0 Å². The second kappa shape index (κ2) is 16.5. The maximum absolute atomic E-state index is 5.15. The van der Waals surface area contributed by atoms with E-state index in [1.54, 1.807) is 12.8 Å². The van der Waals surface area contributed by atoms with Crippen LogP contribution < -0.4 is 0 Å². The topological polar surface area (TPSA) is 3.24 Å². The van der Waals surface area contributed by atoms with E-state index in [-0.39, 0.29) is 31.4 Å². The van der Waals surface area contributed by atoms with Crippen LogP contribution >= 0.6 is 31.4 Å². The van der Waals surface area contributed by atoms with Crippen molar-refractivity contribution in [2.24, 2.45) is 11.8 Å². The Morgan fingerprint density at radius 3 is 1.40 bits per heavy atom. The summed E-state index contributed by atoms with van der Waals surface area (Å²) in [6.45, 7) is 25.5. The van der Waals surface area contributed by atoms with Crippen molar-refractivity contribution in [3.05, 3.63) is 11.6 Å². The highest BCUT2D eigenvalue weighted by atomic mass is 31.2. The monoisotopic (exact) mass is 651 g/mol. The molecule has 4 aliphatic rings. The van der Waals surface area contributed by atoms with Gasteiger partial charge in [0.05, 0.1) is 0 Å². The minimum Gasteiger partial charge on any atom is -0.340 e. The van der Waals surface area contributed by atoms with Crippen molar-refractivity contribution in [1.82, 2.24) is 4.81 Å². The average Bonchev–Trinajstić information content (AvgIpc) is 3.78. The molecule has 0 spiro atoms. The Labute approximate surface area is 269 Å². The summed E-state index contributed by atoms with van der Waals surface area (Å²) in [5, 5.41) is 1.87. The van der Waals surface area contributed by atoms with E-state index in [9.17, 15) is 0 Å². The summed E-state index contributed by atoms with van der Waals surface area (Å²) < 4.78 is 0. The molecule has 0 aliphatic carbocycles. The Bertz CT molecular complexity index is 830. The molecule has 4 fully saturated rings. The molecule has 0 amide bonds. The first-order valence-electron chi connectivity index (χ1n) is 18.7. The number of nitrogens with zero attached hydrogens (tertiary/aromatic N) is 1. The van der Waals surface area contributed by atoms with Crippen LogP contribution in [0.25, 0.3) is 0 Å². The number of hydrogen-bond donors (Lipinski definition) is 0. The van der Waals surface area contributed by atoms with Crippen molar-refractivity contribution in [3.63, 3.8) is 0 Å². The van der Waals surface area contributed by atoms with Crippen LogP contribution in [0.3, 0.4) is 0 Å². The van der Waals surface area contributed by atoms with E-state index >= 15 is 0 Å². The Hall–Kier alpha value is 1.48. The summed E-state index contributed by atoms with van der Waals surface area (Å²) in [6.07, 6.45) is 21.4. The molecule has 4 heterocycles. The third-order valence-electron chi connectivity index (χ3n) is 12.7. The zero-order valence-corrected chi connectivity index (χ0v) is 33.3. The van der Waals surface area contributed by atoms with Gasteiger partial charge in [-0.15, -0.1) is 15.6 Å². The normalized spacial score (nSPS) is 41.4. The van der Waals surface area contributed by atoms with Gasteiger partial charge in [-0.05, 0) is 166 Å².